The molecular formula is C14H21NO2. The van der Waals surface area contributed by atoms with Crippen LogP contribution >= 0.6 is 0 Å². The Bertz CT molecular complexity index is 409. The van der Waals surface area contributed by atoms with Crippen LogP contribution in [0.2, 0.25) is 0 Å². The zero-order chi connectivity index (χ0) is 12.4. The third-order valence-electron chi connectivity index (χ3n) is 3.49. The normalized spacial score (nSPS) is 20.4. The summed E-state index contributed by atoms with van der Waals surface area (Å²) in [5, 5.41) is 3.37. The van der Waals surface area contributed by atoms with Gasteiger partial charge in [-0.1, -0.05) is 6.07 Å². The van der Waals surface area contributed by atoms with Crippen molar-refractivity contribution in [1.29, 1.82) is 0 Å². The van der Waals surface area contributed by atoms with E-state index in [-0.39, 0.29) is 6.10 Å². The lowest BCUT2D eigenvalue weighted by atomic mass is 9.95. The highest BCUT2D eigenvalue weighted by Crippen LogP contribution is 2.35. The van der Waals surface area contributed by atoms with Crippen LogP contribution < -0.4 is 10.1 Å². The standard InChI is InChI=1S/C14H21NO2/c1-9-7-10(2)13(14(16-4)11(9)3)12-8-15-5-6-17-12/h7,12,15H,5-6,8H2,1-4H3. The molecule has 1 fully saturated rings. The minimum atomic E-state index is 0.109. The molecule has 0 spiro atoms. The Morgan fingerprint density at radius 3 is 2.65 bits per heavy atom. The summed E-state index contributed by atoms with van der Waals surface area (Å²) in [6.07, 6.45) is 0.109. The maximum absolute atomic E-state index is 5.84. The molecule has 3 heteroatoms. The molecule has 1 N–H and O–H groups in total. The summed E-state index contributed by atoms with van der Waals surface area (Å²) in [5.41, 5.74) is 4.93. The summed E-state index contributed by atoms with van der Waals surface area (Å²) in [6.45, 7) is 8.91. The molecule has 1 aliphatic rings. The second kappa shape index (κ2) is 5.07. The Kier molecular flexibility index (Phi) is 3.69. The molecule has 3 nitrogen and oxygen atoms in total. The monoisotopic (exact) mass is 235 g/mol. The number of aryl methyl sites for hydroxylation is 2. The number of nitrogens with one attached hydrogen (secondary N) is 1. The molecule has 1 saturated heterocycles. The number of hydrogen-bond acceptors (Lipinski definition) is 3. The van der Waals surface area contributed by atoms with Crippen LogP contribution in [-0.4, -0.2) is 26.8 Å². The van der Waals surface area contributed by atoms with Crippen molar-refractivity contribution in [3.05, 3.63) is 28.3 Å². The molecule has 94 valence electrons. The van der Waals surface area contributed by atoms with Gasteiger partial charge in [-0.25, -0.2) is 0 Å². The van der Waals surface area contributed by atoms with Gasteiger partial charge in [-0.05, 0) is 37.5 Å². The van der Waals surface area contributed by atoms with Crippen LogP contribution in [0.4, 0.5) is 0 Å². The number of methoxy groups -OCH3 is 1. The molecule has 1 unspecified atom stereocenters. The van der Waals surface area contributed by atoms with Gasteiger partial charge in [0.2, 0.25) is 0 Å². The minimum Gasteiger partial charge on any atom is -0.496 e. The van der Waals surface area contributed by atoms with Gasteiger partial charge in [-0.15, -0.1) is 0 Å². The highest BCUT2D eigenvalue weighted by Gasteiger charge is 2.23. The average Bonchev–Trinajstić information content (AvgIpc) is 2.34. The molecule has 1 atom stereocenters. The van der Waals surface area contributed by atoms with Gasteiger partial charge in [0.05, 0.1) is 19.8 Å². The Balaban J connectivity index is 2.47. The van der Waals surface area contributed by atoms with Crippen LogP contribution in [-0.2, 0) is 4.74 Å². The fourth-order valence-electron chi connectivity index (χ4n) is 2.48. The fraction of sp³-hybridized carbons (Fsp3) is 0.571. The molecule has 1 heterocycles. The summed E-state index contributed by atoms with van der Waals surface area (Å²) in [4.78, 5) is 0. The van der Waals surface area contributed by atoms with Crippen molar-refractivity contribution in [2.24, 2.45) is 0 Å². The van der Waals surface area contributed by atoms with E-state index in [9.17, 15) is 0 Å². The van der Waals surface area contributed by atoms with E-state index in [2.05, 4.69) is 32.2 Å². The van der Waals surface area contributed by atoms with Crippen LogP contribution in [0.5, 0.6) is 5.75 Å². The number of rotatable bonds is 2. The minimum absolute atomic E-state index is 0.109. The maximum Gasteiger partial charge on any atom is 0.128 e. The molecule has 1 aliphatic heterocycles. The van der Waals surface area contributed by atoms with Crippen LogP contribution in [0.15, 0.2) is 6.07 Å². The molecule has 0 amide bonds. The van der Waals surface area contributed by atoms with E-state index in [1.54, 1.807) is 7.11 Å². The van der Waals surface area contributed by atoms with E-state index in [0.717, 1.165) is 25.4 Å². The van der Waals surface area contributed by atoms with E-state index >= 15 is 0 Å². The average molecular weight is 235 g/mol. The second-order valence-electron chi connectivity index (χ2n) is 4.65. The molecule has 0 radical (unpaired) electrons. The molecule has 0 saturated carbocycles. The van der Waals surface area contributed by atoms with Gasteiger partial charge in [0.15, 0.2) is 0 Å². The lowest BCUT2D eigenvalue weighted by molar-refractivity contribution is 0.0258. The Hall–Kier alpha value is -1.06. The Labute approximate surface area is 103 Å². The number of ether oxygens (including phenoxy) is 2. The highest BCUT2D eigenvalue weighted by atomic mass is 16.5. The highest BCUT2D eigenvalue weighted by molar-refractivity contribution is 5.51. The van der Waals surface area contributed by atoms with Gasteiger partial charge in [0.1, 0.15) is 5.75 Å². The topological polar surface area (TPSA) is 30.5 Å². The molecule has 1 aromatic carbocycles. The Morgan fingerprint density at radius 2 is 2.06 bits per heavy atom. The van der Waals surface area contributed by atoms with Crippen LogP contribution in [0.1, 0.15) is 28.4 Å². The molecule has 0 aliphatic carbocycles. The lowest BCUT2D eigenvalue weighted by Crippen LogP contribution is -2.34. The molecule has 17 heavy (non-hydrogen) atoms. The number of benzene rings is 1. The zero-order valence-electron chi connectivity index (χ0n) is 11.1. The summed E-state index contributed by atoms with van der Waals surface area (Å²) < 4.78 is 11.4. The molecule has 2 rings (SSSR count). The first-order valence-electron chi connectivity index (χ1n) is 6.12. The third kappa shape index (κ3) is 2.31. The van der Waals surface area contributed by atoms with E-state index in [1.165, 1.54) is 22.3 Å². The van der Waals surface area contributed by atoms with Crippen molar-refractivity contribution >= 4 is 0 Å². The van der Waals surface area contributed by atoms with Crippen molar-refractivity contribution in [1.82, 2.24) is 5.32 Å². The fourth-order valence-corrected chi connectivity index (χ4v) is 2.48. The number of hydrogen-bond donors (Lipinski definition) is 1. The third-order valence-corrected chi connectivity index (χ3v) is 3.49. The smallest absolute Gasteiger partial charge is 0.128 e. The molecule has 0 aromatic heterocycles. The summed E-state index contributed by atoms with van der Waals surface area (Å²) in [5.74, 6) is 0.983. The summed E-state index contributed by atoms with van der Waals surface area (Å²) in [6, 6.07) is 2.21. The van der Waals surface area contributed by atoms with Crippen molar-refractivity contribution in [3.8, 4) is 5.75 Å². The van der Waals surface area contributed by atoms with Gasteiger partial charge < -0.3 is 14.8 Å². The van der Waals surface area contributed by atoms with Gasteiger partial charge in [-0.2, -0.15) is 0 Å². The van der Waals surface area contributed by atoms with E-state index in [0.29, 0.717) is 0 Å². The maximum atomic E-state index is 5.84. The molecule has 1 aromatic rings. The first-order chi connectivity index (χ1) is 8.15. The van der Waals surface area contributed by atoms with Crippen LogP contribution in [0, 0.1) is 20.8 Å². The van der Waals surface area contributed by atoms with Crippen molar-refractivity contribution in [2.45, 2.75) is 26.9 Å². The number of morpholine rings is 1. The largest absolute Gasteiger partial charge is 0.496 e. The zero-order valence-corrected chi connectivity index (χ0v) is 11.1. The van der Waals surface area contributed by atoms with Gasteiger partial charge in [0.25, 0.3) is 0 Å². The van der Waals surface area contributed by atoms with Crippen LogP contribution in [0.3, 0.4) is 0 Å². The van der Waals surface area contributed by atoms with Crippen LogP contribution in [0.25, 0.3) is 0 Å². The van der Waals surface area contributed by atoms with E-state index in [1.807, 2.05) is 0 Å². The predicted octanol–water partition coefficient (Wildman–Crippen LogP) is 2.28. The first-order valence-corrected chi connectivity index (χ1v) is 6.12. The van der Waals surface area contributed by atoms with E-state index < -0.39 is 0 Å². The van der Waals surface area contributed by atoms with Gasteiger partial charge >= 0.3 is 0 Å². The molecular weight excluding hydrogens is 214 g/mol. The van der Waals surface area contributed by atoms with Crippen molar-refractivity contribution in [2.75, 3.05) is 26.8 Å². The summed E-state index contributed by atoms with van der Waals surface area (Å²) in [7, 11) is 1.74. The predicted molar refractivity (Wildman–Crippen MR) is 68.8 cm³/mol. The Morgan fingerprint density at radius 1 is 1.29 bits per heavy atom. The van der Waals surface area contributed by atoms with Crippen molar-refractivity contribution < 1.29 is 9.47 Å². The van der Waals surface area contributed by atoms with Crippen molar-refractivity contribution in [3.63, 3.8) is 0 Å². The van der Waals surface area contributed by atoms with Gasteiger partial charge in [-0.3, -0.25) is 0 Å². The lowest BCUT2D eigenvalue weighted by Gasteiger charge is -2.28. The quantitative estimate of drug-likeness (QED) is 0.853. The van der Waals surface area contributed by atoms with Gasteiger partial charge in [0, 0.05) is 18.7 Å². The van der Waals surface area contributed by atoms with E-state index in [4.69, 9.17) is 9.47 Å². The summed E-state index contributed by atoms with van der Waals surface area (Å²) >= 11 is 0. The molecule has 0 bridgehead atoms. The SMILES string of the molecule is COc1c(C)c(C)cc(C)c1C1CNCCO1. The second-order valence-corrected chi connectivity index (χ2v) is 4.65. The first kappa shape index (κ1) is 12.4.